The number of benzene rings is 3. The zero-order valence-electron chi connectivity index (χ0n) is 15.3. The predicted molar refractivity (Wildman–Crippen MR) is 119 cm³/mol. The van der Waals surface area contributed by atoms with Crippen molar-refractivity contribution in [3.8, 4) is 11.1 Å². The molecule has 1 aliphatic heterocycles. The molecule has 0 saturated carbocycles. The van der Waals surface area contributed by atoms with Crippen LogP contribution in [0, 0.1) is 6.92 Å². The fourth-order valence-corrected chi connectivity index (χ4v) is 5.40. The van der Waals surface area contributed by atoms with Gasteiger partial charge in [-0.1, -0.05) is 45.7 Å². The standard InChI is InChI=1S/C21H16BrClN2O3S/c1-13-10-15(7-8-18(13)22)24-21(26)12-25-19-9-6-14(23)11-17(19)16-4-2-3-5-20(16)29(25,27)28/h2-11H,12H2,1H3,(H,24,26). The van der Waals surface area contributed by atoms with Crippen molar-refractivity contribution in [2.24, 2.45) is 0 Å². The molecule has 0 aliphatic carbocycles. The van der Waals surface area contributed by atoms with Crippen LogP contribution >= 0.6 is 27.5 Å². The number of carbonyl (C=O) groups is 1. The van der Waals surface area contributed by atoms with Crippen LogP contribution in [0.2, 0.25) is 5.02 Å². The number of nitrogens with one attached hydrogen (secondary N) is 1. The van der Waals surface area contributed by atoms with E-state index in [0.29, 0.717) is 27.5 Å². The molecule has 1 heterocycles. The van der Waals surface area contributed by atoms with Crippen LogP contribution in [0.25, 0.3) is 11.1 Å². The molecular weight excluding hydrogens is 476 g/mol. The first-order chi connectivity index (χ1) is 13.8. The second-order valence-electron chi connectivity index (χ2n) is 6.68. The van der Waals surface area contributed by atoms with E-state index in [0.717, 1.165) is 14.3 Å². The molecule has 0 radical (unpaired) electrons. The molecule has 5 nitrogen and oxygen atoms in total. The number of anilines is 2. The van der Waals surface area contributed by atoms with Crippen molar-refractivity contribution in [2.75, 3.05) is 16.2 Å². The number of aryl methyl sites for hydroxylation is 1. The van der Waals surface area contributed by atoms with Gasteiger partial charge in [-0.3, -0.25) is 9.10 Å². The van der Waals surface area contributed by atoms with Crippen molar-refractivity contribution in [1.82, 2.24) is 0 Å². The first-order valence-corrected chi connectivity index (χ1v) is 11.4. The quantitative estimate of drug-likeness (QED) is 0.546. The van der Waals surface area contributed by atoms with Gasteiger partial charge in [-0.15, -0.1) is 0 Å². The maximum Gasteiger partial charge on any atom is 0.265 e. The number of carbonyl (C=O) groups excluding carboxylic acids is 1. The fourth-order valence-electron chi connectivity index (χ4n) is 3.33. The summed E-state index contributed by atoms with van der Waals surface area (Å²) in [7, 11) is -3.89. The van der Waals surface area contributed by atoms with Crippen LogP contribution in [0.3, 0.4) is 0 Å². The van der Waals surface area contributed by atoms with E-state index in [9.17, 15) is 13.2 Å². The van der Waals surface area contributed by atoms with E-state index in [1.54, 1.807) is 42.5 Å². The maximum absolute atomic E-state index is 13.2. The molecule has 3 aromatic carbocycles. The van der Waals surface area contributed by atoms with Gasteiger partial charge in [-0.05, 0) is 55.0 Å². The summed E-state index contributed by atoms with van der Waals surface area (Å²) in [5.74, 6) is -0.435. The highest BCUT2D eigenvalue weighted by atomic mass is 79.9. The van der Waals surface area contributed by atoms with E-state index >= 15 is 0 Å². The van der Waals surface area contributed by atoms with Crippen LogP contribution in [-0.2, 0) is 14.8 Å². The molecular formula is C21H16BrClN2O3S. The summed E-state index contributed by atoms with van der Waals surface area (Å²) in [6, 6.07) is 17.1. The third kappa shape index (κ3) is 3.66. The molecule has 1 amide bonds. The first kappa shape index (κ1) is 19.9. The van der Waals surface area contributed by atoms with Gasteiger partial charge in [0.1, 0.15) is 6.54 Å². The van der Waals surface area contributed by atoms with Crippen molar-refractivity contribution >= 4 is 54.8 Å². The second kappa shape index (κ2) is 7.48. The largest absolute Gasteiger partial charge is 0.325 e. The van der Waals surface area contributed by atoms with Crippen molar-refractivity contribution in [2.45, 2.75) is 11.8 Å². The van der Waals surface area contributed by atoms with Crippen LogP contribution in [0.1, 0.15) is 5.56 Å². The van der Waals surface area contributed by atoms with Gasteiger partial charge in [0.2, 0.25) is 5.91 Å². The number of fused-ring (bicyclic) bond motifs is 3. The summed E-state index contributed by atoms with van der Waals surface area (Å²) in [6.45, 7) is 1.56. The number of hydrogen-bond acceptors (Lipinski definition) is 3. The van der Waals surface area contributed by atoms with Crippen LogP contribution < -0.4 is 9.62 Å². The van der Waals surface area contributed by atoms with E-state index in [2.05, 4.69) is 21.2 Å². The summed E-state index contributed by atoms with van der Waals surface area (Å²) in [5, 5.41) is 3.26. The van der Waals surface area contributed by atoms with Gasteiger partial charge in [0.15, 0.2) is 0 Å². The summed E-state index contributed by atoms with van der Waals surface area (Å²) < 4.78 is 28.5. The van der Waals surface area contributed by atoms with Gasteiger partial charge in [0, 0.05) is 26.3 Å². The Morgan fingerprint density at radius 1 is 1.07 bits per heavy atom. The Morgan fingerprint density at radius 2 is 1.83 bits per heavy atom. The maximum atomic E-state index is 13.2. The molecule has 1 aliphatic rings. The number of rotatable bonds is 3. The average molecular weight is 492 g/mol. The lowest BCUT2D eigenvalue weighted by atomic mass is 10.0. The van der Waals surface area contributed by atoms with Crippen molar-refractivity contribution in [1.29, 1.82) is 0 Å². The molecule has 148 valence electrons. The molecule has 0 bridgehead atoms. The Bertz CT molecular complexity index is 1240. The van der Waals surface area contributed by atoms with E-state index in [1.165, 1.54) is 6.07 Å². The second-order valence-corrected chi connectivity index (χ2v) is 9.80. The number of halogens is 2. The molecule has 1 N–H and O–H groups in total. The Hall–Kier alpha value is -2.35. The minimum absolute atomic E-state index is 0.155. The lowest BCUT2D eigenvalue weighted by Crippen LogP contribution is -2.40. The minimum Gasteiger partial charge on any atom is -0.325 e. The number of hydrogen-bond donors (Lipinski definition) is 1. The van der Waals surface area contributed by atoms with Gasteiger partial charge in [-0.25, -0.2) is 8.42 Å². The van der Waals surface area contributed by atoms with Gasteiger partial charge < -0.3 is 5.32 Å². The first-order valence-electron chi connectivity index (χ1n) is 8.75. The molecule has 0 aromatic heterocycles. The van der Waals surface area contributed by atoms with Gasteiger partial charge >= 0.3 is 0 Å². The molecule has 4 rings (SSSR count). The summed E-state index contributed by atoms with van der Waals surface area (Å²) in [5.41, 5.74) is 3.24. The van der Waals surface area contributed by atoms with E-state index in [4.69, 9.17) is 11.6 Å². The summed E-state index contributed by atoms with van der Waals surface area (Å²) in [4.78, 5) is 12.9. The van der Waals surface area contributed by atoms with E-state index < -0.39 is 15.9 Å². The Kier molecular flexibility index (Phi) is 5.14. The zero-order chi connectivity index (χ0) is 20.8. The molecule has 0 fully saturated rings. The van der Waals surface area contributed by atoms with E-state index in [-0.39, 0.29) is 11.4 Å². The average Bonchev–Trinajstić information content (AvgIpc) is 2.68. The van der Waals surface area contributed by atoms with Gasteiger partial charge in [0.25, 0.3) is 10.0 Å². The zero-order valence-corrected chi connectivity index (χ0v) is 18.5. The van der Waals surface area contributed by atoms with Gasteiger partial charge in [-0.2, -0.15) is 0 Å². The summed E-state index contributed by atoms with van der Waals surface area (Å²) >= 11 is 9.57. The lowest BCUT2D eigenvalue weighted by molar-refractivity contribution is -0.114. The van der Waals surface area contributed by atoms with Crippen LogP contribution in [0.4, 0.5) is 11.4 Å². The predicted octanol–water partition coefficient (Wildman–Crippen LogP) is 5.23. The topological polar surface area (TPSA) is 66.5 Å². The van der Waals surface area contributed by atoms with Crippen LogP contribution in [0.5, 0.6) is 0 Å². The molecule has 0 spiro atoms. The fraction of sp³-hybridized carbons (Fsp3) is 0.0952. The normalized spacial score (nSPS) is 14.1. The van der Waals surface area contributed by atoms with Crippen molar-refractivity contribution in [3.05, 3.63) is 75.7 Å². The van der Waals surface area contributed by atoms with Crippen molar-refractivity contribution in [3.63, 3.8) is 0 Å². The highest BCUT2D eigenvalue weighted by molar-refractivity contribution is 9.10. The van der Waals surface area contributed by atoms with Crippen LogP contribution in [0.15, 0.2) is 70.0 Å². The lowest BCUT2D eigenvalue weighted by Gasteiger charge is -2.31. The molecule has 0 saturated heterocycles. The molecule has 0 unspecified atom stereocenters. The van der Waals surface area contributed by atoms with Crippen LogP contribution in [-0.4, -0.2) is 20.9 Å². The molecule has 3 aromatic rings. The monoisotopic (exact) mass is 490 g/mol. The molecule has 29 heavy (non-hydrogen) atoms. The smallest absolute Gasteiger partial charge is 0.265 e. The minimum atomic E-state index is -3.89. The number of nitrogens with zero attached hydrogens (tertiary/aromatic N) is 1. The highest BCUT2D eigenvalue weighted by Gasteiger charge is 2.35. The highest BCUT2D eigenvalue weighted by Crippen LogP contribution is 2.43. The Labute approximate surface area is 182 Å². The van der Waals surface area contributed by atoms with E-state index in [1.807, 2.05) is 19.1 Å². The van der Waals surface area contributed by atoms with Gasteiger partial charge in [0.05, 0.1) is 10.6 Å². The summed E-state index contributed by atoms with van der Waals surface area (Å²) in [6.07, 6.45) is 0. The number of sulfonamides is 1. The number of amides is 1. The van der Waals surface area contributed by atoms with Crippen molar-refractivity contribution < 1.29 is 13.2 Å². The Balaban J connectivity index is 1.72. The molecule has 8 heteroatoms. The molecule has 0 atom stereocenters. The Morgan fingerprint density at radius 3 is 2.59 bits per heavy atom. The third-order valence-electron chi connectivity index (χ3n) is 4.70. The SMILES string of the molecule is Cc1cc(NC(=O)CN2c3ccc(Cl)cc3-c3ccccc3S2(=O)=O)ccc1Br. The third-order valence-corrected chi connectivity index (χ3v) is 7.64.